The number of nitriles is 1. The molecule has 4 aliphatic rings. The van der Waals surface area contributed by atoms with Crippen molar-refractivity contribution in [3.05, 3.63) is 77.0 Å². The van der Waals surface area contributed by atoms with Gasteiger partial charge in [0.15, 0.2) is 5.69 Å². The van der Waals surface area contributed by atoms with Gasteiger partial charge >= 0.3 is 6.18 Å². The van der Waals surface area contributed by atoms with Crippen LogP contribution in [0.25, 0.3) is 5.69 Å². The zero-order valence-electron chi connectivity index (χ0n) is 23.8. The normalized spacial score (nSPS) is 25.7. The average molecular weight is 603 g/mol. The standard InChI is InChI=1S/C32H29F3N6O3/c1-2-39-29-25(24(17-11-12-17)26(30(39)43)37-28(42)18-7-6-8-20(13-18)32(33,34)35)27(38-41(29)21-9-4-3-5-10-21)31(44)40-22(16-36)14-19-15-23(19)40/h3-10,13,17,19,22-24,26H,2,11-12,14-15H2,1H3,(H,37,42)/t19-,22-,23+,24-,26-/m0/s1. The van der Waals surface area contributed by atoms with Crippen LogP contribution in [0.1, 0.15) is 70.5 Å². The van der Waals surface area contributed by atoms with Gasteiger partial charge in [0.2, 0.25) is 0 Å². The van der Waals surface area contributed by atoms with Crippen LogP contribution in [-0.4, -0.2) is 57.1 Å². The number of nitrogens with one attached hydrogen (secondary N) is 1. The van der Waals surface area contributed by atoms with Gasteiger partial charge in [-0.1, -0.05) is 24.3 Å². The second kappa shape index (κ2) is 10.2. The Hall–Kier alpha value is -4.66. The topological polar surface area (TPSA) is 111 Å². The molecule has 2 aliphatic carbocycles. The molecule has 12 heteroatoms. The lowest BCUT2D eigenvalue weighted by atomic mass is 9.82. The van der Waals surface area contributed by atoms with Crippen molar-refractivity contribution in [2.45, 2.75) is 62.8 Å². The Morgan fingerprint density at radius 3 is 2.48 bits per heavy atom. The summed E-state index contributed by atoms with van der Waals surface area (Å²) in [4.78, 5) is 45.0. The molecule has 0 spiro atoms. The molecule has 226 valence electrons. The summed E-state index contributed by atoms with van der Waals surface area (Å²) in [5, 5.41) is 17.4. The summed E-state index contributed by atoms with van der Waals surface area (Å²) in [6.07, 6.45) is -1.71. The van der Waals surface area contributed by atoms with Crippen molar-refractivity contribution < 1.29 is 27.6 Å². The highest BCUT2D eigenvalue weighted by molar-refractivity contribution is 6.07. The quantitative estimate of drug-likeness (QED) is 0.441. The van der Waals surface area contributed by atoms with Crippen LogP contribution in [0.3, 0.4) is 0 Å². The number of carbonyl (C=O) groups is 3. The second-order valence-corrected chi connectivity index (χ2v) is 12.0. The molecule has 1 N–H and O–H groups in total. The highest BCUT2D eigenvalue weighted by atomic mass is 19.4. The van der Waals surface area contributed by atoms with E-state index in [2.05, 4.69) is 11.4 Å². The van der Waals surface area contributed by atoms with E-state index in [1.54, 1.807) is 16.5 Å². The minimum Gasteiger partial charge on any atom is -0.340 e. The third-order valence-corrected chi connectivity index (χ3v) is 9.25. The first kappa shape index (κ1) is 28.1. The molecule has 3 heterocycles. The van der Waals surface area contributed by atoms with E-state index in [-0.39, 0.29) is 41.6 Å². The first-order valence-electron chi connectivity index (χ1n) is 14.8. The molecule has 9 nitrogen and oxygen atoms in total. The molecule has 3 aromatic rings. The minimum atomic E-state index is -4.64. The predicted octanol–water partition coefficient (Wildman–Crippen LogP) is 4.68. The van der Waals surface area contributed by atoms with Gasteiger partial charge in [0, 0.05) is 29.6 Å². The number of rotatable bonds is 6. The first-order chi connectivity index (χ1) is 21.1. The smallest absolute Gasteiger partial charge is 0.340 e. The Morgan fingerprint density at radius 2 is 1.82 bits per heavy atom. The maximum Gasteiger partial charge on any atom is 0.416 e. The molecule has 2 saturated carbocycles. The number of aromatic nitrogens is 2. The third-order valence-electron chi connectivity index (χ3n) is 9.25. The number of para-hydroxylation sites is 1. The lowest BCUT2D eigenvalue weighted by Gasteiger charge is -2.38. The Balaban J connectivity index is 1.35. The number of halogens is 3. The monoisotopic (exact) mass is 602 g/mol. The third kappa shape index (κ3) is 4.53. The molecular weight excluding hydrogens is 573 g/mol. The van der Waals surface area contributed by atoms with Crippen molar-refractivity contribution in [3.8, 4) is 11.8 Å². The number of anilines is 1. The van der Waals surface area contributed by atoms with Crippen LogP contribution in [-0.2, 0) is 11.0 Å². The van der Waals surface area contributed by atoms with Gasteiger partial charge in [-0.3, -0.25) is 19.3 Å². The summed E-state index contributed by atoms with van der Waals surface area (Å²) in [6, 6.07) is 13.7. The zero-order valence-corrected chi connectivity index (χ0v) is 23.8. The van der Waals surface area contributed by atoms with Gasteiger partial charge in [0.1, 0.15) is 17.9 Å². The van der Waals surface area contributed by atoms with Crippen LogP contribution in [0, 0.1) is 23.2 Å². The van der Waals surface area contributed by atoms with E-state index in [1.165, 1.54) is 11.0 Å². The lowest BCUT2D eigenvalue weighted by molar-refractivity contribution is -0.137. The van der Waals surface area contributed by atoms with Crippen molar-refractivity contribution in [1.82, 2.24) is 20.0 Å². The van der Waals surface area contributed by atoms with Crippen LogP contribution in [0.5, 0.6) is 0 Å². The Morgan fingerprint density at radius 1 is 1.07 bits per heavy atom. The van der Waals surface area contributed by atoms with E-state index in [0.717, 1.165) is 37.5 Å². The first-order valence-corrected chi connectivity index (χ1v) is 14.8. The molecule has 0 radical (unpaired) electrons. The average Bonchev–Trinajstić information content (AvgIpc) is 3.94. The summed E-state index contributed by atoms with van der Waals surface area (Å²) < 4.78 is 41.8. The number of alkyl halides is 3. The van der Waals surface area contributed by atoms with Gasteiger partial charge in [-0.05, 0) is 74.8 Å². The maximum absolute atomic E-state index is 14.3. The maximum atomic E-state index is 14.3. The summed E-state index contributed by atoms with van der Waals surface area (Å²) in [5.41, 5.74) is 0.110. The van der Waals surface area contributed by atoms with Crippen LogP contribution in [0.2, 0.25) is 0 Å². The van der Waals surface area contributed by atoms with E-state index in [1.807, 2.05) is 30.3 Å². The van der Waals surface area contributed by atoms with Gasteiger partial charge in [-0.25, -0.2) is 4.68 Å². The van der Waals surface area contributed by atoms with E-state index >= 15 is 0 Å². The number of likely N-dealkylation sites (tertiary alicyclic amines) is 1. The predicted molar refractivity (Wildman–Crippen MR) is 152 cm³/mol. The number of carbonyl (C=O) groups excluding carboxylic acids is 3. The molecule has 3 fully saturated rings. The number of nitrogens with zero attached hydrogens (tertiary/aromatic N) is 5. The van der Waals surface area contributed by atoms with Gasteiger partial charge in [0.05, 0.1) is 17.3 Å². The number of hydrogen-bond donors (Lipinski definition) is 1. The summed E-state index contributed by atoms with van der Waals surface area (Å²) >= 11 is 0. The molecule has 7 rings (SSSR count). The van der Waals surface area contributed by atoms with Crippen molar-refractivity contribution >= 4 is 23.5 Å². The van der Waals surface area contributed by atoms with Gasteiger partial charge < -0.3 is 10.2 Å². The molecule has 3 amide bonds. The minimum absolute atomic E-state index is 0.0343. The molecule has 5 atom stereocenters. The SMILES string of the molecule is CCN1C(=O)[C@@H](NC(=O)c2cccc(C(F)(F)F)c2)[C@@H](C2CC2)c2c(C(=O)N3[C@H](C#N)C[C@H]4C[C@H]43)nn(-c3ccccc3)c21. The van der Waals surface area contributed by atoms with Crippen molar-refractivity contribution in [1.29, 1.82) is 5.26 Å². The Labute approximate surface area is 251 Å². The number of hydrogen-bond acceptors (Lipinski definition) is 5. The van der Waals surface area contributed by atoms with Crippen molar-refractivity contribution in [3.63, 3.8) is 0 Å². The lowest BCUT2D eigenvalue weighted by Crippen LogP contribution is -2.56. The number of amides is 3. The Bertz CT molecular complexity index is 1710. The van der Waals surface area contributed by atoms with Gasteiger partial charge in [-0.2, -0.15) is 23.5 Å². The number of likely N-dealkylation sites (N-methyl/N-ethyl adjacent to an activating group) is 1. The van der Waals surface area contributed by atoms with Crippen molar-refractivity contribution in [2.75, 3.05) is 11.4 Å². The van der Waals surface area contributed by atoms with Crippen LogP contribution >= 0.6 is 0 Å². The summed E-state index contributed by atoms with van der Waals surface area (Å²) in [7, 11) is 0. The van der Waals surface area contributed by atoms with Crippen LogP contribution in [0.4, 0.5) is 19.0 Å². The second-order valence-electron chi connectivity index (χ2n) is 12.0. The van der Waals surface area contributed by atoms with E-state index in [9.17, 15) is 32.8 Å². The van der Waals surface area contributed by atoms with Crippen molar-refractivity contribution in [2.24, 2.45) is 11.8 Å². The van der Waals surface area contributed by atoms with Gasteiger partial charge in [-0.15, -0.1) is 0 Å². The van der Waals surface area contributed by atoms with E-state index in [0.29, 0.717) is 23.5 Å². The fourth-order valence-electron chi connectivity index (χ4n) is 6.96. The number of piperidine rings is 1. The molecule has 1 saturated heterocycles. The highest BCUT2D eigenvalue weighted by Gasteiger charge is 2.57. The van der Waals surface area contributed by atoms with Crippen LogP contribution in [0.15, 0.2) is 54.6 Å². The van der Waals surface area contributed by atoms with Crippen LogP contribution < -0.4 is 10.2 Å². The molecule has 2 aliphatic heterocycles. The van der Waals surface area contributed by atoms with E-state index < -0.39 is 41.6 Å². The fraction of sp³-hybridized carbons (Fsp3) is 0.406. The number of fused-ring (bicyclic) bond motifs is 2. The fourth-order valence-corrected chi connectivity index (χ4v) is 6.96. The zero-order chi connectivity index (χ0) is 30.9. The van der Waals surface area contributed by atoms with E-state index in [4.69, 9.17) is 5.10 Å². The molecule has 2 aromatic carbocycles. The highest BCUT2D eigenvalue weighted by Crippen LogP contribution is 2.53. The Kier molecular flexibility index (Phi) is 6.53. The number of benzene rings is 2. The summed E-state index contributed by atoms with van der Waals surface area (Å²) in [5.74, 6) is -1.59. The molecular formula is C32H29F3N6O3. The molecule has 1 aromatic heterocycles. The molecule has 0 bridgehead atoms. The van der Waals surface area contributed by atoms with Gasteiger partial charge in [0.25, 0.3) is 17.7 Å². The largest absolute Gasteiger partial charge is 0.416 e. The summed E-state index contributed by atoms with van der Waals surface area (Å²) in [6.45, 7) is 1.97. The molecule has 44 heavy (non-hydrogen) atoms. The molecule has 0 unspecified atom stereocenters.